The molecule has 2 saturated heterocycles. The average Bonchev–Trinajstić information content (AvgIpc) is 3.88. The molecule has 0 unspecified atom stereocenters. The molecule has 25 heteroatoms. The Morgan fingerprint density at radius 2 is 1.15 bits per heavy atom. The van der Waals surface area contributed by atoms with Gasteiger partial charge in [0.2, 0.25) is 21.7 Å². The van der Waals surface area contributed by atoms with E-state index in [1.807, 2.05) is 0 Å². The summed E-state index contributed by atoms with van der Waals surface area (Å²) in [6, 6.07) is 5.30. The summed E-state index contributed by atoms with van der Waals surface area (Å²) in [5, 5.41) is 3.18. The van der Waals surface area contributed by atoms with Crippen LogP contribution in [-0.4, -0.2) is 91.7 Å². The van der Waals surface area contributed by atoms with E-state index < -0.39 is 76.6 Å². The highest BCUT2D eigenvalue weighted by Crippen LogP contribution is 2.33. The van der Waals surface area contributed by atoms with Gasteiger partial charge < -0.3 is 5.32 Å². The van der Waals surface area contributed by atoms with Gasteiger partial charge in [-0.15, -0.1) is 12.4 Å². The normalized spacial score (nSPS) is 19.0. The van der Waals surface area contributed by atoms with Gasteiger partial charge in [-0.05, 0) is 49.2 Å². The van der Waals surface area contributed by atoms with E-state index in [9.17, 15) is 57.5 Å². The van der Waals surface area contributed by atoms with E-state index in [4.69, 9.17) is 23.2 Å². The van der Waals surface area contributed by atoms with Crippen LogP contribution in [0.1, 0.15) is 48.7 Å². The van der Waals surface area contributed by atoms with Crippen LogP contribution >= 0.6 is 35.6 Å². The lowest BCUT2D eigenvalue weighted by atomic mass is 10.0. The van der Waals surface area contributed by atoms with Crippen molar-refractivity contribution in [3.8, 4) is 22.3 Å². The number of Topliss-reactive ketones (excluding diaryl/α,β-unsaturated/α-hetero) is 2. The van der Waals surface area contributed by atoms with Gasteiger partial charge in [0.15, 0.2) is 5.78 Å². The Hall–Kier alpha value is -4.87. The maximum absolute atomic E-state index is 14.2. The zero-order valence-electron chi connectivity index (χ0n) is 33.1. The van der Waals surface area contributed by atoms with E-state index in [0.717, 1.165) is 53.4 Å². The van der Waals surface area contributed by atoms with Crippen molar-refractivity contribution in [3.63, 3.8) is 0 Å². The number of ketones is 2. The van der Waals surface area contributed by atoms with Crippen molar-refractivity contribution in [2.24, 2.45) is 0 Å². The molecule has 0 radical (unpaired) electrons. The Labute approximate surface area is 380 Å². The Kier molecular flexibility index (Phi) is 16.7. The minimum absolute atomic E-state index is 0. The third-order valence-electron chi connectivity index (χ3n) is 9.97. The second kappa shape index (κ2) is 21.2. The van der Waals surface area contributed by atoms with Crippen LogP contribution in [0, 0.1) is 5.82 Å². The number of aromatic nitrogens is 6. The summed E-state index contributed by atoms with van der Waals surface area (Å²) in [5.74, 6) is -3.84. The van der Waals surface area contributed by atoms with Crippen molar-refractivity contribution in [1.82, 2.24) is 39.5 Å². The number of nitrogens with one attached hydrogen (secondary N) is 1. The molecule has 1 N–H and O–H groups in total. The van der Waals surface area contributed by atoms with E-state index in [-0.39, 0.29) is 82.9 Å². The second-order valence-electron chi connectivity index (χ2n) is 14.5. The van der Waals surface area contributed by atoms with E-state index >= 15 is 0 Å². The van der Waals surface area contributed by atoms with Gasteiger partial charge in [-0.3, -0.25) is 19.6 Å². The van der Waals surface area contributed by atoms with Crippen LogP contribution in [0.5, 0.6) is 0 Å². The minimum Gasteiger partial charge on any atom is -0.304 e. The quantitative estimate of drug-likeness (QED) is 0.119. The van der Waals surface area contributed by atoms with Gasteiger partial charge in [0.25, 0.3) is 0 Å². The van der Waals surface area contributed by atoms with Crippen LogP contribution in [0.2, 0.25) is 10.0 Å². The maximum Gasteiger partial charge on any atom is 0.451 e. The number of nitrogens with zero attached hydrogens (tertiary/aromatic N) is 7. The van der Waals surface area contributed by atoms with Crippen LogP contribution in [0.4, 0.5) is 39.5 Å². The highest BCUT2D eigenvalue weighted by atomic mass is 35.5. The third kappa shape index (κ3) is 12.9. The molecule has 12 nitrogen and oxygen atoms in total. The number of carbonyl (C=O) groups excluding carboxylic acids is 2. The number of aryl methyl sites for hydroxylation is 2. The molecular weight excluding hydrogens is 966 g/mol. The van der Waals surface area contributed by atoms with Gasteiger partial charge in [-0.2, -0.15) is 30.6 Å². The first kappa shape index (κ1) is 51.1. The SMILES string of the molecule is Cl.O=C(CCc1cc(-c2cnc(C(F)(F)F)nc2)c(Cl)cn1)[C@@H]1C[C@@H](F)CN1.O=C(CCc1cc(-c2cnc(C(F)(F)F)nc2)c(Cl)cn1)[C@@H]1C[C@@H](F)CN1S(=O)(=O)c1ccc(F)cc1. The largest absolute Gasteiger partial charge is 0.451 e. The summed E-state index contributed by atoms with van der Waals surface area (Å²) in [4.78, 5) is 46.3. The molecule has 348 valence electrons. The fraction of sp³-hybridized carbons (Fsp3) is 0.350. The van der Waals surface area contributed by atoms with Crippen molar-refractivity contribution in [3.05, 3.63) is 112 Å². The highest BCUT2D eigenvalue weighted by Gasteiger charge is 2.44. The van der Waals surface area contributed by atoms with Gasteiger partial charge in [0.1, 0.15) is 23.9 Å². The molecule has 4 aromatic heterocycles. The van der Waals surface area contributed by atoms with E-state index in [1.54, 1.807) is 6.07 Å². The summed E-state index contributed by atoms with van der Waals surface area (Å²) in [6.07, 6.45) is -5.12. The highest BCUT2D eigenvalue weighted by molar-refractivity contribution is 7.89. The molecule has 0 saturated carbocycles. The number of benzene rings is 1. The molecule has 5 aromatic rings. The first-order valence-electron chi connectivity index (χ1n) is 19.0. The smallest absolute Gasteiger partial charge is 0.304 e. The number of halogens is 12. The van der Waals surface area contributed by atoms with Crippen molar-refractivity contribution in [1.29, 1.82) is 0 Å². The first-order chi connectivity index (χ1) is 30.1. The molecular formula is C40H34Cl3F9N8O4S. The third-order valence-corrected chi connectivity index (χ3v) is 12.5. The molecule has 0 spiro atoms. The van der Waals surface area contributed by atoms with Crippen LogP contribution in [-0.2, 0) is 44.8 Å². The van der Waals surface area contributed by atoms with Crippen LogP contribution in [0.25, 0.3) is 22.3 Å². The lowest BCUT2D eigenvalue weighted by Gasteiger charge is -2.22. The number of hydrogen-bond donors (Lipinski definition) is 1. The van der Waals surface area contributed by atoms with Crippen LogP contribution < -0.4 is 5.32 Å². The maximum atomic E-state index is 14.2. The molecule has 6 heterocycles. The number of carbonyl (C=O) groups is 2. The monoisotopic (exact) mass is 998 g/mol. The number of hydrogen-bond acceptors (Lipinski definition) is 11. The Morgan fingerprint density at radius 1 is 0.692 bits per heavy atom. The summed E-state index contributed by atoms with van der Waals surface area (Å²) in [6.45, 7) is -0.332. The standard InChI is InChI=1S/C23H18ClF5N4O3S.C17H15ClF4N4O.ClH/c24-19-11-30-16(8-18(19)13-9-31-22(32-10-13)23(27,28)29)3-6-21(34)20-7-15(26)12-33(20)37(35,36)17-4-1-14(25)2-5-17;18-13-8-23-11(1-2-15(27)14-3-10(19)7-24-14)4-12(13)9-5-25-16(26-6-9)17(20,21)22;/h1-2,4-5,8-11,15,20H,3,6-7,12H2;4-6,8,10,14,24H,1-3,7H2;1H/t15-,20+;10-,14+;/m11./s1. The Morgan fingerprint density at radius 3 is 1.58 bits per heavy atom. The number of sulfonamides is 1. The molecule has 0 bridgehead atoms. The lowest BCUT2D eigenvalue weighted by Crippen LogP contribution is -2.40. The lowest BCUT2D eigenvalue weighted by molar-refractivity contribution is -0.145. The molecule has 7 rings (SSSR count). The predicted molar refractivity (Wildman–Crippen MR) is 219 cm³/mol. The Balaban J connectivity index is 0.000000252. The first-order valence-corrected chi connectivity index (χ1v) is 21.2. The summed E-state index contributed by atoms with van der Waals surface area (Å²) in [5.41, 5.74) is 2.10. The molecule has 0 aliphatic carbocycles. The van der Waals surface area contributed by atoms with E-state index in [1.165, 1.54) is 18.5 Å². The van der Waals surface area contributed by atoms with Gasteiger partial charge in [-0.1, -0.05) is 23.2 Å². The number of pyridine rings is 2. The zero-order valence-corrected chi connectivity index (χ0v) is 36.3. The van der Waals surface area contributed by atoms with Gasteiger partial charge in [-0.25, -0.2) is 41.5 Å². The number of rotatable bonds is 12. The summed E-state index contributed by atoms with van der Waals surface area (Å²) < 4.78 is 143. The molecule has 1 aromatic carbocycles. The van der Waals surface area contributed by atoms with Gasteiger partial charge >= 0.3 is 12.4 Å². The van der Waals surface area contributed by atoms with Gasteiger partial charge in [0.05, 0.1) is 27.0 Å². The molecule has 0 amide bonds. The molecule has 65 heavy (non-hydrogen) atoms. The summed E-state index contributed by atoms with van der Waals surface area (Å²) >= 11 is 12.2. The molecule has 2 aliphatic rings. The van der Waals surface area contributed by atoms with Crippen LogP contribution in [0.15, 0.2) is 78.5 Å². The molecule has 2 aliphatic heterocycles. The van der Waals surface area contributed by atoms with Crippen molar-refractivity contribution in [2.45, 2.75) is 80.2 Å². The van der Waals surface area contributed by atoms with Crippen molar-refractivity contribution < 1.29 is 57.5 Å². The van der Waals surface area contributed by atoms with E-state index in [2.05, 4.69) is 35.2 Å². The number of alkyl halides is 8. The van der Waals surface area contributed by atoms with Crippen LogP contribution in [0.3, 0.4) is 0 Å². The summed E-state index contributed by atoms with van der Waals surface area (Å²) in [7, 11) is -4.25. The minimum atomic E-state index is -4.71. The fourth-order valence-electron chi connectivity index (χ4n) is 6.74. The average molecular weight is 1000 g/mol. The van der Waals surface area contributed by atoms with Crippen molar-refractivity contribution in [2.75, 3.05) is 13.1 Å². The molecule has 4 atom stereocenters. The Bertz CT molecular complexity index is 2580. The molecule has 2 fully saturated rings. The fourth-order valence-corrected chi connectivity index (χ4v) is 8.82. The second-order valence-corrected chi connectivity index (χ2v) is 17.2. The van der Waals surface area contributed by atoms with Gasteiger partial charge in [0, 0.05) is 110 Å². The van der Waals surface area contributed by atoms with Crippen molar-refractivity contribution >= 4 is 57.2 Å². The zero-order chi connectivity index (χ0) is 46.6. The predicted octanol–water partition coefficient (Wildman–Crippen LogP) is 8.49. The topological polar surface area (TPSA) is 161 Å². The van der Waals surface area contributed by atoms with E-state index in [0.29, 0.717) is 28.9 Å².